The summed E-state index contributed by atoms with van der Waals surface area (Å²) in [4.78, 5) is 27.2. The number of carbonyl (C=O) groups excluding carboxylic acids is 2. The van der Waals surface area contributed by atoms with Crippen LogP contribution < -0.4 is 5.32 Å². The molecule has 4 bridgehead atoms. The van der Waals surface area contributed by atoms with E-state index in [0.29, 0.717) is 12.0 Å². The first-order valence-electron chi connectivity index (χ1n) is 11.0. The van der Waals surface area contributed by atoms with E-state index in [4.69, 9.17) is 4.74 Å². The molecule has 2 atom stereocenters. The van der Waals surface area contributed by atoms with Crippen molar-refractivity contribution in [2.75, 3.05) is 6.54 Å². The summed E-state index contributed by atoms with van der Waals surface area (Å²) in [5, 5.41) is 3.34. The fraction of sp³-hybridized carbons (Fsp3) is 0.909. The third-order valence-corrected chi connectivity index (χ3v) is 7.55. The number of ether oxygens (including phenoxy) is 1. The molecular weight excluding hydrogens is 340 g/mol. The summed E-state index contributed by atoms with van der Waals surface area (Å²) >= 11 is 0. The van der Waals surface area contributed by atoms with E-state index in [9.17, 15) is 9.59 Å². The molecule has 152 valence electrons. The van der Waals surface area contributed by atoms with Gasteiger partial charge >= 0.3 is 6.09 Å². The lowest BCUT2D eigenvalue weighted by Gasteiger charge is -2.59. The summed E-state index contributed by atoms with van der Waals surface area (Å²) in [6.07, 6.45) is 9.31. The summed E-state index contributed by atoms with van der Waals surface area (Å²) < 4.78 is 5.51. The topological polar surface area (TPSA) is 58.6 Å². The predicted molar refractivity (Wildman–Crippen MR) is 104 cm³/mol. The highest BCUT2D eigenvalue weighted by Crippen LogP contribution is 2.61. The maximum atomic E-state index is 13.1. The molecule has 5 rings (SSSR count). The smallest absolute Gasteiger partial charge is 0.410 e. The zero-order valence-electron chi connectivity index (χ0n) is 17.4. The van der Waals surface area contributed by atoms with Crippen LogP contribution in [0.3, 0.4) is 0 Å². The van der Waals surface area contributed by atoms with Crippen molar-refractivity contribution in [1.82, 2.24) is 10.2 Å². The van der Waals surface area contributed by atoms with Crippen LogP contribution in [0.5, 0.6) is 0 Å². The molecule has 1 N–H and O–H groups in total. The minimum Gasteiger partial charge on any atom is -0.444 e. The Labute approximate surface area is 163 Å². The molecular formula is C22H36N2O3. The van der Waals surface area contributed by atoms with E-state index in [2.05, 4.69) is 12.2 Å². The SMILES string of the molecule is C[C@@H](NC(=O)[C@@H]1CCCN1C(=O)OC(C)(C)C)C12CC3CC(CC(C3)C1)C2. The first kappa shape index (κ1) is 19.1. The lowest BCUT2D eigenvalue weighted by molar-refractivity contribution is -0.130. The van der Waals surface area contributed by atoms with Crippen LogP contribution in [0.1, 0.15) is 79.1 Å². The van der Waals surface area contributed by atoms with E-state index < -0.39 is 5.60 Å². The molecule has 5 aliphatic rings. The molecule has 5 nitrogen and oxygen atoms in total. The molecule has 1 heterocycles. The lowest BCUT2D eigenvalue weighted by Crippen LogP contribution is -2.58. The van der Waals surface area contributed by atoms with Crippen molar-refractivity contribution in [3.63, 3.8) is 0 Å². The van der Waals surface area contributed by atoms with Gasteiger partial charge in [0.05, 0.1) is 0 Å². The van der Waals surface area contributed by atoms with Gasteiger partial charge in [-0.3, -0.25) is 9.69 Å². The number of hydrogen-bond donors (Lipinski definition) is 1. The van der Waals surface area contributed by atoms with Crippen LogP contribution in [0.2, 0.25) is 0 Å². The van der Waals surface area contributed by atoms with Gasteiger partial charge in [0.25, 0.3) is 0 Å². The molecule has 27 heavy (non-hydrogen) atoms. The van der Waals surface area contributed by atoms with E-state index in [1.807, 2.05) is 20.8 Å². The summed E-state index contributed by atoms with van der Waals surface area (Å²) in [5.74, 6) is 2.64. The maximum absolute atomic E-state index is 13.1. The maximum Gasteiger partial charge on any atom is 0.410 e. The Hall–Kier alpha value is -1.26. The summed E-state index contributed by atoms with van der Waals surface area (Å²) in [7, 11) is 0. The minimum absolute atomic E-state index is 0.0154. The number of hydrogen-bond acceptors (Lipinski definition) is 3. The van der Waals surface area contributed by atoms with Gasteiger partial charge in [-0.25, -0.2) is 4.79 Å². The zero-order chi connectivity index (χ0) is 19.4. The number of rotatable bonds is 3. The second-order valence-electron chi connectivity index (χ2n) is 10.8. The monoisotopic (exact) mass is 376 g/mol. The molecule has 2 amide bonds. The van der Waals surface area contributed by atoms with E-state index in [0.717, 1.165) is 30.6 Å². The molecule has 0 aromatic rings. The number of nitrogens with one attached hydrogen (secondary N) is 1. The van der Waals surface area contributed by atoms with E-state index in [1.165, 1.54) is 38.5 Å². The van der Waals surface area contributed by atoms with Crippen LogP contribution in [0.4, 0.5) is 4.79 Å². The highest BCUT2D eigenvalue weighted by molar-refractivity contribution is 5.86. The number of nitrogens with zero attached hydrogens (tertiary/aromatic N) is 1. The Morgan fingerprint density at radius 1 is 1.07 bits per heavy atom. The molecule has 5 heteroatoms. The van der Waals surface area contributed by atoms with Crippen molar-refractivity contribution in [3.8, 4) is 0 Å². The van der Waals surface area contributed by atoms with Gasteiger partial charge in [0.1, 0.15) is 11.6 Å². The van der Waals surface area contributed by atoms with Gasteiger partial charge in [-0.05, 0) is 102 Å². The molecule has 1 aliphatic heterocycles. The van der Waals surface area contributed by atoms with Crippen molar-refractivity contribution in [2.45, 2.75) is 96.7 Å². The minimum atomic E-state index is -0.535. The standard InChI is InChI=1S/C22H36N2O3/c1-14(22-11-15-8-16(12-22)10-17(9-15)13-22)23-19(25)18-6-5-7-24(18)20(26)27-21(2,3)4/h14-18H,5-13H2,1-4H3,(H,23,25)/t14-,15?,16?,17?,18+,22?/m1/s1. The molecule has 0 spiro atoms. The number of likely N-dealkylation sites (tertiary alicyclic amines) is 1. The van der Waals surface area contributed by atoms with Crippen molar-refractivity contribution in [2.24, 2.45) is 23.2 Å². The Morgan fingerprint density at radius 2 is 1.63 bits per heavy atom. The third kappa shape index (κ3) is 3.71. The molecule has 1 saturated heterocycles. The average molecular weight is 377 g/mol. The summed E-state index contributed by atoms with van der Waals surface area (Å²) in [5.41, 5.74) is -0.243. The zero-order valence-corrected chi connectivity index (χ0v) is 17.4. The first-order valence-corrected chi connectivity index (χ1v) is 11.0. The van der Waals surface area contributed by atoms with Crippen molar-refractivity contribution < 1.29 is 14.3 Å². The Bertz CT molecular complexity index is 574. The molecule has 5 fully saturated rings. The third-order valence-electron chi connectivity index (χ3n) is 7.55. The molecule has 4 aliphatic carbocycles. The normalized spacial score (nSPS) is 38.7. The number of amides is 2. The Morgan fingerprint density at radius 3 is 2.15 bits per heavy atom. The van der Waals surface area contributed by atoms with Crippen LogP contribution in [0, 0.1) is 23.2 Å². The second-order valence-corrected chi connectivity index (χ2v) is 10.8. The van der Waals surface area contributed by atoms with Gasteiger partial charge in [-0.2, -0.15) is 0 Å². The van der Waals surface area contributed by atoms with Gasteiger partial charge in [-0.1, -0.05) is 0 Å². The Balaban J connectivity index is 1.40. The van der Waals surface area contributed by atoms with Gasteiger partial charge in [0, 0.05) is 12.6 Å². The van der Waals surface area contributed by atoms with Crippen molar-refractivity contribution >= 4 is 12.0 Å². The van der Waals surface area contributed by atoms with E-state index in [-0.39, 0.29) is 24.1 Å². The quantitative estimate of drug-likeness (QED) is 0.806. The highest BCUT2D eigenvalue weighted by atomic mass is 16.6. The van der Waals surface area contributed by atoms with Gasteiger partial charge < -0.3 is 10.1 Å². The van der Waals surface area contributed by atoms with Gasteiger partial charge in [-0.15, -0.1) is 0 Å². The largest absolute Gasteiger partial charge is 0.444 e. The van der Waals surface area contributed by atoms with Gasteiger partial charge in [0.2, 0.25) is 5.91 Å². The fourth-order valence-electron chi connectivity index (χ4n) is 6.75. The Kier molecular flexibility index (Phi) is 4.71. The first-order chi connectivity index (χ1) is 12.7. The molecule has 0 unspecified atom stereocenters. The van der Waals surface area contributed by atoms with Crippen LogP contribution in [-0.2, 0) is 9.53 Å². The predicted octanol–water partition coefficient (Wildman–Crippen LogP) is 4.11. The highest BCUT2D eigenvalue weighted by Gasteiger charge is 2.53. The van der Waals surface area contributed by atoms with E-state index >= 15 is 0 Å². The fourth-order valence-corrected chi connectivity index (χ4v) is 6.75. The van der Waals surface area contributed by atoms with Crippen LogP contribution in [0.15, 0.2) is 0 Å². The summed E-state index contributed by atoms with van der Waals surface area (Å²) in [6, 6.07) is -0.185. The lowest BCUT2D eigenvalue weighted by atomic mass is 9.48. The molecule has 0 aromatic carbocycles. The van der Waals surface area contributed by atoms with Crippen molar-refractivity contribution in [3.05, 3.63) is 0 Å². The van der Waals surface area contributed by atoms with E-state index in [1.54, 1.807) is 4.90 Å². The molecule has 0 aromatic heterocycles. The van der Waals surface area contributed by atoms with Crippen LogP contribution >= 0.6 is 0 Å². The van der Waals surface area contributed by atoms with Gasteiger partial charge in [0.15, 0.2) is 0 Å². The molecule has 0 radical (unpaired) electrons. The second kappa shape index (κ2) is 6.66. The van der Waals surface area contributed by atoms with Crippen LogP contribution in [-0.4, -0.2) is 41.1 Å². The number of carbonyl (C=O) groups is 2. The average Bonchev–Trinajstić information content (AvgIpc) is 3.01. The van der Waals surface area contributed by atoms with Crippen LogP contribution in [0.25, 0.3) is 0 Å². The van der Waals surface area contributed by atoms with Crippen molar-refractivity contribution in [1.29, 1.82) is 0 Å². The molecule has 4 saturated carbocycles. The summed E-state index contributed by atoms with van der Waals surface area (Å²) in [6.45, 7) is 8.41.